The number of carbonyl (C=O) groups excluding carboxylic acids is 2. The predicted molar refractivity (Wildman–Crippen MR) is 112 cm³/mol. The molecule has 0 aliphatic rings. The van der Waals surface area contributed by atoms with Crippen LogP contribution < -0.4 is 16.1 Å². The van der Waals surface area contributed by atoms with Gasteiger partial charge < -0.3 is 10.6 Å². The summed E-state index contributed by atoms with van der Waals surface area (Å²) >= 11 is 6.59. The molecule has 2 aromatic heterocycles. The highest BCUT2D eigenvalue weighted by Gasteiger charge is 2.33. The third-order valence-electron chi connectivity index (χ3n) is 3.67. The molecular weight excluding hydrogens is 487 g/mol. The molecule has 172 valence electrons. The molecule has 1 aromatic carbocycles. The Hall–Kier alpha value is -3.49. The van der Waals surface area contributed by atoms with Crippen LogP contribution in [0.5, 0.6) is 0 Å². The fourth-order valence-electron chi connectivity index (χ4n) is 2.30. The molecule has 3 rings (SSSR count). The molecule has 15 heteroatoms. The maximum absolute atomic E-state index is 12.9. The van der Waals surface area contributed by atoms with E-state index >= 15 is 0 Å². The van der Waals surface area contributed by atoms with Crippen LogP contribution in [-0.4, -0.2) is 39.0 Å². The predicted octanol–water partition coefficient (Wildman–Crippen LogP) is 4.03. The Bertz CT molecular complexity index is 1170. The fraction of sp³-hybridized carbons (Fsp3) is 0.111. The zero-order chi connectivity index (χ0) is 24.0. The molecule has 3 aromatic rings. The number of rotatable bonds is 6. The molecule has 0 fully saturated rings. The van der Waals surface area contributed by atoms with Gasteiger partial charge in [0.25, 0.3) is 0 Å². The van der Waals surface area contributed by atoms with Crippen LogP contribution in [0.25, 0.3) is 0 Å². The summed E-state index contributed by atoms with van der Waals surface area (Å²) in [6.45, 7) is 0. The number of halogens is 4. The SMILES string of the molecule is CONC(=O)c1ncnc(Sc2ccc(NC(=O)Nc3ccc(Cl)c(C(F)(F)F)c3)cn2)n1. The van der Waals surface area contributed by atoms with E-state index in [4.69, 9.17) is 11.6 Å². The largest absolute Gasteiger partial charge is 0.417 e. The first-order valence-corrected chi connectivity index (χ1v) is 9.96. The van der Waals surface area contributed by atoms with Gasteiger partial charge in [-0.3, -0.25) is 9.63 Å². The molecule has 0 saturated carbocycles. The number of nitrogens with zero attached hydrogens (tertiary/aromatic N) is 4. The van der Waals surface area contributed by atoms with Gasteiger partial charge in [0.2, 0.25) is 5.82 Å². The van der Waals surface area contributed by atoms with Crippen molar-refractivity contribution in [1.29, 1.82) is 0 Å². The van der Waals surface area contributed by atoms with Crippen molar-refractivity contribution < 1.29 is 27.6 Å². The smallest absolute Gasteiger partial charge is 0.308 e. The van der Waals surface area contributed by atoms with Gasteiger partial charge in [-0.15, -0.1) is 0 Å². The van der Waals surface area contributed by atoms with E-state index in [0.717, 1.165) is 30.2 Å². The number of nitrogens with one attached hydrogen (secondary N) is 3. The third kappa shape index (κ3) is 6.74. The number of aromatic nitrogens is 4. The number of amides is 3. The van der Waals surface area contributed by atoms with E-state index in [0.29, 0.717) is 5.03 Å². The summed E-state index contributed by atoms with van der Waals surface area (Å²) in [5, 5.41) is 4.90. The normalized spacial score (nSPS) is 11.1. The lowest BCUT2D eigenvalue weighted by Gasteiger charge is -2.12. The van der Waals surface area contributed by atoms with Gasteiger partial charge >= 0.3 is 18.1 Å². The zero-order valence-corrected chi connectivity index (χ0v) is 18.0. The molecule has 10 nitrogen and oxygen atoms in total. The Morgan fingerprint density at radius 1 is 1.06 bits per heavy atom. The number of carbonyl (C=O) groups is 2. The van der Waals surface area contributed by atoms with Crippen molar-refractivity contribution in [2.24, 2.45) is 0 Å². The minimum Gasteiger partial charge on any atom is -0.308 e. The third-order valence-corrected chi connectivity index (χ3v) is 4.83. The van der Waals surface area contributed by atoms with Crippen molar-refractivity contribution in [3.8, 4) is 0 Å². The topological polar surface area (TPSA) is 131 Å². The molecule has 0 radical (unpaired) electrons. The molecule has 33 heavy (non-hydrogen) atoms. The summed E-state index contributed by atoms with van der Waals surface area (Å²) in [5.74, 6) is -0.802. The van der Waals surface area contributed by atoms with Gasteiger partial charge in [-0.25, -0.2) is 25.2 Å². The van der Waals surface area contributed by atoms with E-state index in [1.165, 1.54) is 25.4 Å². The van der Waals surface area contributed by atoms with Crippen LogP contribution in [-0.2, 0) is 11.0 Å². The van der Waals surface area contributed by atoms with Crippen molar-refractivity contribution >= 4 is 46.7 Å². The molecule has 3 N–H and O–H groups in total. The number of anilines is 2. The summed E-state index contributed by atoms with van der Waals surface area (Å²) in [6, 6.07) is 5.29. The van der Waals surface area contributed by atoms with E-state index < -0.39 is 28.7 Å². The number of alkyl halides is 3. The first-order valence-electron chi connectivity index (χ1n) is 8.76. The average molecular weight is 500 g/mol. The van der Waals surface area contributed by atoms with Crippen molar-refractivity contribution in [1.82, 2.24) is 25.4 Å². The van der Waals surface area contributed by atoms with Crippen molar-refractivity contribution in [3.05, 3.63) is 59.3 Å². The Kier molecular flexibility index (Phi) is 7.63. The molecule has 0 spiro atoms. The second kappa shape index (κ2) is 10.4. The molecule has 0 aliphatic heterocycles. The lowest BCUT2D eigenvalue weighted by atomic mass is 10.2. The summed E-state index contributed by atoms with van der Waals surface area (Å²) in [4.78, 5) is 44.1. The Labute approximate surface area is 193 Å². The monoisotopic (exact) mass is 499 g/mol. The van der Waals surface area contributed by atoms with E-state index in [-0.39, 0.29) is 22.4 Å². The minimum atomic E-state index is -4.66. The maximum atomic E-state index is 12.9. The number of hydrogen-bond acceptors (Lipinski definition) is 8. The summed E-state index contributed by atoms with van der Waals surface area (Å²) in [5.41, 5.74) is 1.21. The Morgan fingerprint density at radius 2 is 1.79 bits per heavy atom. The van der Waals surface area contributed by atoms with Gasteiger partial charge in [0, 0.05) is 5.69 Å². The van der Waals surface area contributed by atoms with E-state index in [1.807, 2.05) is 0 Å². The minimum absolute atomic E-state index is 0.0903. The maximum Gasteiger partial charge on any atom is 0.417 e. The Morgan fingerprint density at radius 3 is 2.45 bits per heavy atom. The lowest BCUT2D eigenvalue weighted by Crippen LogP contribution is -2.24. The van der Waals surface area contributed by atoms with Crippen molar-refractivity contribution in [2.45, 2.75) is 16.4 Å². The van der Waals surface area contributed by atoms with Crippen LogP contribution in [0, 0.1) is 0 Å². The standard InChI is InChI=1S/C18H13ClF3N7O3S/c1-32-29-15(30)14-24-8-25-17(28-14)33-13-5-3-10(7-23-13)27-16(31)26-9-2-4-12(19)11(6-9)18(20,21)22/h2-8H,1H3,(H,29,30)(H2,26,27,31). The number of pyridine rings is 1. The van der Waals surface area contributed by atoms with Gasteiger partial charge in [0.05, 0.1) is 29.6 Å². The molecule has 0 saturated heterocycles. The molecule has 0 aliphatic carbocycles. The highest BCUT2D eigenvalue weighted by atomic mass is 35.5. The second-order valence-corrected chi connectivity index (χ2v) is 7.38. The number of urea groups is 1. The quantitative estimate of drug-likeness (QED) is 0.433. The molecule has 3 amide bonds. The summed E-state index contributed by atoms with van der Waals surface area (Å²) in [7, 11) is 1.27. The summed E-state index contributed by atoms with van der Waals surface area (Å²) in [6.07, 6.45) is -2.18. The highest BCUT2D eigenvalue weighted by Crippen LogP contribution is 2.36. The van der Waals surface area contributed by atoms with Crippen LogP contribution >= 0.6 is 23.4 Å². The van der Waals surface area contributed by atoms with E-state index in [1.54, 1.807) is 6.07 Å². The van der Waals surface area contributed by atoms with Gasteiger partial charge in [-0.05, 0) is 42.1 Å². The van der Waals surface area contributed by atoms with Crippen LogP contribution in [0.15, 0.2) is 53.0 Å². The summed E-state index contributed by atoms with van der Waals surface area (Å²) < 4.78 is 38.8. The first kappa shape index (κ1) is 24.2. The molecule has 0 unspecified atom stereocenters. The van der Waals surface area contributed by atoms with E-state index in [2.05, 4.69) is 40.9 Å². The van der Waals surface area contributed by atoms with Crippen molar-refractivity contribution in [3.63, 3.8) is 0 Å². The van der Waals surface area contributed by atoms with Crippen LogP contribution in [0.2, 0.25) is 5.02 Å². The highest BCUT2D eigenvalue weighted by molar-refractivity contribution is 7.99. The molecule has 2 heterocycles. The van der Waals surface area contributed by atoms with Gasteiger partial charge in [0.15, 0.2) is 5.16 Å². The van der Waals surface area contributed by atoms with Gasteiger partial charge in [-0.2, -0.15) is 18.2 Å². The number of benzene rings is 1. The molecule has 0 bridgehead atoms. The second-order valence-electron chi connectivity index (χ2n) is 5.99. The van der Waals surface area contributed by atoms with Crippen LogP contribution in [0.4, 0.5) is 29.3 Å². The zero-order valence-electron chi connectivity index (χ0n) is 16.5. The lowest BCUT2D eigenvalue weighted by molar-refractivity contribution is -0.137. The number of hydroxylamine groups is 1. The van der Waals surface area contributed by atoms with Gasteiger partial charge in [-0.1, -0.05) is 11.6 Å². The van der Waals surface area contributed by atoms with Crippen LogP contribution in [0.1, 0.15) is 16.2 Å². The number of hydrogen-bond donors (Lipinski definition) is 3. The average Bonchev–Trinajstić information content (AvgIpc) is 2.76. The van der Waals surface area contributed by atoms with Gasteiger partial charge in [0.1, 0.15) is 11.4 Å². The molecular formula is C18H13ClF3N7O3S. The first-order chi connectivity index (χ1) is 15.7. The van der Waals surface area contributed by atoms with Crippen LogP contribution in [0.3, 0.4) is 0 Å². The Balaban J connectivity index is 1.61. The van der Waals surface area contributed by atoms with Crippen molar-refractivity contribution in [2.75, 3.05) is 17.7 Å². The van der Waals surface area contributed by atoms with E-state index in [9.17, 15) is 22.8 Å². The fourth-order valence-corrected chi connectivity index (χ4v) is 3.19. The molecule has 0 atom stereocenters.